The first-order valence-electron chi connectivity index (χ1n) is 12.0. The molecule has 0 bridgehead atoms. The number of aromatic amines is 1. The minimum atomic E-state index is -0.401. The molecule has 1 fully saturated rings. The molecule has 0 aliphatic carbocycles. The molecule has 3 aromatic heterocycles. The number of hydrogen-bond donors (Lipinski definition) is 3. The topological polar surface area (TPSA) is 86.2 Å². The van der Waals surface area contributed by atoms with Crippen LogP contribution in [0.1, 0.15) is 12.8 Å². The average Bonchev–Trinajstić information content (AvgIpc) is 3.46. The molecule has 1 aliphatic rings. The van der Waals surface area contributed by atoms with E-state index in [-0.39, 0.29) is 0 Å². The van der Waals surface area contributed by atoms with Gasteiger partial charge in [-0.1, -0.05) is 29.8 Å². The van der Waals surface area contributed by atoms with Crippen molar-refractivity contribution < 1.29 is 4.39 Å². The summed E-state index contributed by atoms with van der Waals surface area (Å²) in [6, 6.07) is 14.6. The van der Waals surface area contributed by atoms with E-state index in [1.54, 1.807) is 22.8 Å². The Morgan fingerprint density at radius 2 is 1.94 bits per heavy atom. The smallest absolute Gasteiger partial charge is 0.205 e. The maximum Gasteiger partial charge on any atom is 0.205 e. The molecule has 0 atom stereocenters. The highest BCUT2D eigenvalue weighted by Gasteiger charge is 2.20. The first-order chi connectivity index (χ1) is 17.5. The Kier molecular flexibility index (Phi) is 5.94. The van der Waals surface area contributed by atoms with Crippen LogP contribution in [-0.2, 0) is 0 Å². The van der Waals surface area contributed by atoms with E-state index in [0.717, 1.165) is 43.9 Å². The van der Waals surface area contributed by atoms with Crippen LogP contribution in [0.2, 0.25) is 5.15 Å². The van der Waals surface area contributed by atoms with Crippen LogP contribution >= 0.6 is 11.6 Å². The molecular formula is C26H26ClFN8. The van der Waals surface area contributed by atoms with Crippen molar-refractivity contribution in [2.75, 3.05) is 37.3 Å². The number of piperidine rings is 1. The highest BCUT2D eigenvalue weighted by atomic mass is 35.5. The number of fused-ring (bicyclic) bond motifs is 2. The lowest BCUT2D eigenvalue weighted by atomic mass is 9.97. The normalized spacial score (nSPS) is 15.1. The van der Waals surface area contributed by atoms with Gasteiger partial charge in [0.2, 0.25) is 5.95 Å². The SMILES string of the molecule is CN1CCC(CNc2cc(Cl)nn3c(-c4cc5nc(Nc6ccccc6)[nH]c5cc4F)cnc23)CC1. The van der Waals surface area contributed by atoms with E-state index in [9.17, 15) is 0 Å². The molecule has 10 heteroatoms. The first kappa shape index (κ1) is 22.8. The predicted octanol–water partition coefficient (Wildman–Crippen LogP) is 5.56. The van der Waals surface area contributed by atoms with Gasteiger partial charge in [0.05, 0.1) is 28.6 Å². The Bertz CT molecular complexity index is 1520. The standard InChI is InChI=1S/C26H26ClFN8/c1-35-9-7-16(8-10-35)14-29-22-13-24(27)34-36-23(15-30-25(22)36)18-11-20-21(12-19(18)28)33-26(32-20)31-17-5-3-2-4-6-17/h2-6,11-13,15-16,29H,7-10,14H2,1H3,(H2,31,32,33). The fraction of sp³-hybridized carbons (Fsp3) is 0.269. The molecule has 8 nitrogen and oxygen atoms in total. The molecular weight excluding hydrogens is 479 g/mol. The number of anilines is 3. The Balaban J connectivity index is 1.31. The fourth-order valence-electron chi connectivity index (χ4n) is 4.72. The van der Waals surface area contributed by atoms with Gasteiger partial charge < -0.3 is 20.5 Å². The van der Waals surface area contributed by atoms with Crippen LogP contribution in [0.15, 0.2) is 54.7 Å². The number of benzene rings is 2. The second-order valence-electron chi connectivity index (χ2n) is 9.31. The molecule has 0 unspecified atom stereocenters. The second-order valence-corrected chi connectivity index (χ2v) is 9.70. The molecule has 5 aromatic rings. The van der Waals surface area contributed by atoms with Gasteiger partial charge in [-0.05, 0) is 57.1 Å². The van der Waals surface area contributed by atoms with Gasteiger partial charge >= 0.3 is 0 Å². The first-order valence-corrected chi connectivity index (χ1v) is 12.4. The van der Waals surface area contributed by atoms with Crippen LogP contribution in [0.5, 0.6) is 0 Å². The summed E-state index contributed by atoms with van der Waals surface area (Å²) in [5.74, 6) is 0.718. The van der Waals surface area contributed by atoms with Crippen molar-refractivity contribution in [1.29, 1.82) is 0 Å². The van der Waals surface area contributed by atoms with Crippen molar-refractivity contribution in [2.45, 2.75) is 12.8 Å². The number of halogens is 2. The molecule has 0 spiro atoms. The predicted molar refractivity (Wildman–Crippen MR) is 141 cm³/mol. The van der Waals surface area contributed by atoms with Gasteiger partial charge in [-0.3, -0.25) is 0 Å². The van der Waals surface area contributed by atoms with Crippen LogP contribution < -0.4 is 10.6 Å². The number of imidazole rings is 2. The van der Waals surface area contributed by atoms with Crippen LogP contribution in [0.4, 0.5) is 21.7 Å². The van der Waals surface area contributed by atoms with E-state index < -0.39 is 5.82 Å². The highest BCUT2D eigenvalue weighted by Crippen LogP contribution is 2.31. The van der Waals surface area contributed by atoms with Gasteiger partial charge in [-0.15, -0.1) is 0 Å². The largest absolute Gasteiger partial charge is 0.382 e. The van der Waals surface area contributed by atoms with E-state index in [1.807, 2.05) is 30.3 Å². The lowest BCUT2D eigenvalue weighted by Gasteiger charge is -2.29. The van der Waals surface area contributed by atoms with E-state index in [2.05, 4.69) is 42.6 Å². The summed E-state index contributed by atoms with van der Waals surface area (Å²) in [7, 11) is 2.15. The third-order valence-electron chi connectivity index (χ3n) is 6.74. The van der Waals surface area contributed by atoms with Crippen LogP contribution in [-0.4, -0.2) is 56.1 Å². The quantitative estimate of drug-likeness (QED) is 0.280. The Morgan fingerprint density at radius 1 is 1.14 bits per heavy atom. The number of rotatable bonds is 6. The van der Waals surface area contributed by atoms with Crippen molar-refractivity contribution in [1.82, 2.24) is 29.5 Å². The second kappa shape index (κ2) is 9.40. The molecule has 4 heterocycles. The molecule has 1 saturated heterocycles. The molecule has 2 aromatic carbocycles. The lowest BCUT2D eigenvalue weighted by molar-refractivity contribution is 0.226. The van der Waals surface area contributed by atoms with Crippen molar-refractivity contribution >= 4 is 45.6 Å². The summed E-state index contributed by atoms with van der Waals surface area (Å²) in [6.07, 6.45) is 3.92. The van der Waals surface area contributed by atoms with Crippen molar-refractivity contribution in [2.24, 2.45) is 5.92 Å². The monoisotopic (exact) mass is 504 g/mol. The van der Waals surface area contributed by atoms with E-state index in [1.165, 1.54) is 6.07 Å². The number of nitrogens with one attached hydrogen (secondary N) is 3. The van der Waals surface area contributed by atoms with Crippen LogP contribution in [0.25, 0.3) is 27.9 Å². The lowest BCUT2D eigenvalue weighted by Crippen LogP contribution is -2.33. The van der Waals surface area contributed by atoms with Gasteiger partial charge in [0.15, 0.2) is 10.8 Å². The van der Waals surface area contributed by atoms with Crippen molar-refractivity contribution in [3.8, 4) is 11.3 Å². The third kappa shape index (κ3) is 4.47. The average molecular weight is 505 g/mol. The summed E-state index contributed by atoms with van der Waals surface area (Å²) in [5.41, 5.74) is 4.36. The maximum atomic E-state index is 15.3. The molecule has 6 rings (SSSR count). The highest BCUT2D eigenvalue weighted by molar-refractivity contribution is 6.29. The Labute approximate surface area is 212 Å². The van der Waals surface area contributed by atoms with Gasteiger partial charge in [0.25, 0.3) is 0 Å². The number of aromatic nitrogens is 5. The van der Waals surface area contributed by atoms with Crippen LogP contribution in [0, 0.1) is 11.7 Å². The van der Waals surface area contributed by atoms with Gasteiger partial charge in [0.1, 0.15) is 5.82 Å². The number of H-pyrrole nitrogens is 1. The zero-order chi connectivity index (χ0) is 24.6. The maximum absolute atomic E-state index is 15.3. The molecule has 3 N–H and O–H groups in total. The van der Waals surface area contributed by atoms with Crippen LogP contribution in [0.3, 0.4) is 0 Å². The molecule has 184 valence electrons. The summed E-state index contributed by atoms with van der Waals surface area (Å²) >= 11 is 6.37. The van der Waals surface area contributed by atoms with Gasteiger partial charge in [0, 0.05) is 29.9 Å². The van der Waals surface area contributed by atoms with Gasteiger partial charge in [-0.2, -0.15) is 5.10 Å². The van der Waals surface area contributed by atoms with E-state index in [0.29, 0.717) is 45.0 Å². The molecule has 0 radical (unpaired) electrons. The Hall–Kier alpha value is -3.69. The zero-order valence-corrected chi connectivity index (χ0v) is 20.6. The number of para-hydroxylation sites is 1. The minimum Gasteiger partial charge on any atom is -0.382 e. The zero-order valence-electron chi connectivity index (χ0n) is 19.8. The Morgan fingerprint density at radius 3 is 2.75 bits per heavy atom. The van der Waals surface area contributed by atoms with Crippen molar-refractivity contribution in [3.63, 3.8) is 0 Å². The molecule has 1 aliphatic heterocycles. The third-order valence-corrected chi connectivity index (χ3v) is 6.93. The van der Waals surface area contributed by atoms with Crippen molar-refractivity contribution in [3.05, 3.63) is 65.7 Å². The summed E-state index contributed by atoms with van der Waals surface area (Å²) < 4.78 is 16.9. The minimum absolute atomic E-state index is 0.309. The summed E-state index contributed by atoms with van der Waals surface area (Å²) in [6.45, 7) is 3.03. The number of likely N-dealkylation sites (tertiary alicyclic amines) is 1. The van der Waals surface area contributed by atoms with E-state index >= 15 is 4.39 Å². The number of nitrogens with zero attached hydrogens (tertiary/aromatic N) is 5. The molecule has 0 amide bonds. The van der Waals surface area contributed by atoms with E-state index in [4.69, 9.17) is 11.6 Å². The molecule has 36 heavy (non-hydrogen) atoms. The summed E-state index contributed by atoms with van der Waals surface area (Å²) in [5, 5.41) is 11.4. The van der Waals surface area contributed by atoms with Gasteiger partial charge in [-0.25, -0.2) is 18.9 Å². The fourth-order valence-corrected chi connectivity index (χ4v) is 4.90. The molecule has 0 saturated carbocycles. The summed E-state index contributed by atoms with van der Waals surface area (Å²) in [4.78, 5) is 14.6. The number of hydrogen-bond acceptors (Lipinski definition) is 6.